The monoisotopic (exact) mass is 385 g/mol. The highest BCUT2D eigenvalue weighted by Gasteiger charge is 2.12. The van der Waals surface area contributed by atoms with Gasteiger partial charge in [-0.2, -0.15) is 0 Å². The van der Waals surface area contributed by atoms with Crippen molar-refractivity contribution in [3.8, 4) is 0 Å². The van der Waals surface area contributed by atoms with Crippen LogP contribution in [0.15, 0.2) is 58.5 Å². The summed E-state index contributed by atoms with van der Waals surface area (Å²) in [4.78, 5) is 28.1. The Morgan fingerprint density at radius 2 is 2.04 bits per heavy atom. The van der Waals surface area contributed by atoms with Crippen molar-refractivity contribution in [2.75, 3.05) is 13.7 Å². The molecule has 0 aliphatic heterocycles. The van der Waals surface area contributed by atoms with Crippen molar-refractivity contribution in [2.45, 2.75) is 23.9 Å². The number of thioether (sulfide) groups is 1. The average molecular weight is 385 g/mol. The van der Waals surface area contributed by atoms with Gasteiger partial charge < -0.3 is 4.74 Å². The van der Waals surface area contributed by atoms with Crippen molar-refractivity contribution in [2.24, 2.45) is 0 Å². The molecule has 0 saturated carbocycles. The first-order valence-electron chi connectivity index (χ1n) is 8.45. The molecular weight excluding hydrogens is 366 g/mol. The van der Waals surface area contributed by atoms with E-state index in [0.29, 0.717) is 41.4 Å². The van der Waals surface area contributed by atoms with Crippen LogP contribution in [0.4, 0.5) is 5.69 Å². The summed E-state index contributed by atoms with van der Waals surface area (Å²) in [6.07, 6.45) is 0.695. The molecule has 8 heteroatoms. The van der Waals surface area contributed by atoms with E-state index in [4.69, 9.17) is 4.74 Å². The quantitative estimate of drug-likeness (QED) is 0.193. The average Bonchev–Trinajstić information content (AvgIpc) is 2.68. The number of methoxy groups -OCH3 is 1. The lowest BCUT2D eigenvalue weighted by atomic mass is 10.2. The number of para-hydroxylation sites is 1. The molecule has 27 heavy (non-hydrogen) atoms. The van der Waals surface area contributed by atoms with Crippen molar-refractivity contribution in [3.05, 3.63) is 74.6 Å². The fraction of sp³-hybridized carbons (Fsp3) is 0.263. The summed E-state index contributed by atoms with van der Waals surface area (Å²) in [6, 6.07) is 13.7. The maximum Gasteiger partial charge on any atom is 0.269 e. The van der Waals surface area contributed by atoms with E-state index in [1.807, 2.05) is 24.3 Å². The molecule has 140 valence electrons. The van der Waals surface area contributed by atoms with E-state index < -0.39 is 4.92 Å². The zero-order chi connectivity index (χ0) is 19.2. The van der Waals surface area contributed by atoms with Gasteiger partial charge in [0.25, 0.3) is 11.2 Å². The lowest BCUT2D eigenvalue weighted by Gasteiger charge is -2.13. The van der Waals surface area contributed by atoms with Crippen molar-refractivity contribution in [1.29, 1.82) is 0 Å². The number of ether oxygens (including phenoxy) is 1. The lowest BCUT2D eigenvalue weighted by Crippen LogP contribution is -2.24. The van der Waals surface area contributed by atoms with E-state index in [-0.39, 0.29) is 11.2 Å². The predicted molar refractivity (Wildman–Crippen MR) is 105 cm³/mol. The van der Waals surface area contributed by atoms with Crippen molar-refractivity contribution < 1.29 is 9.66 Å². The number of fused-ring (bicyclic) bond motifs is 1. The summed E-state index contributed by atoms with van der Waals surface area (Å²) in [6.45, 7) is 1.05. The Bertz CT molecular complexity index is 1020. The molecule has 1 heterocycles. The van der Waals surface area contributed by atoms with Gasteiger partial charge in [-0.1, -0.05) is 36.0 Å². The fourth-order valence-corrected chi connectivity index (χ4v) is 3.70. The van der Waals surface area contributed by atoms with Gasteiger partial charge in [-0.15, -0.1) is 0 Å². The van der Waals surface area contributed by atoms with Gasteiger partial charge in [-0.05, 0) is 24.1 Å². The van der Waals surface area contributed by atoms with Crippen LogP contribution in [-0.4, -0.2) is 28.2 Å². The lowest BCUT2D eigenvalue weighted by molar-refractivity contribution is -0.384. The summed E-state index contributed by atoms with van der Waals surface area (Å²) < 4.78 is 6.75. The Morgan fingerprint density at radius 3 is 2.81 bits per heavy atom. The molecule has 0 saturated heterocycles. The first-order valence-corrected chi connectivity index (χ1v) is 9.43. The third kappa shape index (κ3) is 4.53. The van der Waals surface area contributed by atoms with Crippen LogP contribution in [0, 0.1) is 10.1 Å². The first-order chi connectivity index (χ1) is 13.1. The highest BCUT2D eigenvalue weighted by Crippen LogP contribution is 2.24. The van der Waals surface area contributed by atoms with Gasteiger partial charge in [0.05, 0.1) is 15.8 Å². The largest absolute Gasteiger partial charge is 0.385 e. The molecule has 0 N–H and O–H groups in total. The van der Waals surface area contributed by atoms with Crippen LogP contribution in [0.2, 0.25) is 0 Å². The normalized spacial score (nSPS) is 11.0. The van der Waals surface area contributed by atoms with Crippen LogP contribution >= 0.6 is 11.8 Å². The number of aromatic nitrogens is 2. The molecule has 0 aliphatic carbocycles. The fourth-order valence-electron chi connectivity index (χ4n) is 2.73. The van der Waals surface area contributed by atoms with E-state index in [1.54, 1.807) is 29.9 Å². The van der Waals surface area contributed by atoms with Gasteiger partial charge >= 0.3 is 0 Å². The van der Waals surface area contributed by atoms with Gasteiger partial charge in [0.2, 0.25) is 0 Å². The number of hydrogen-bond acceptors (Lipinski definition) is 6. The molecule has 3 rings (SSSR count). The van der Waals surface area contributed by atoms with Crippen LogP contribution < -0.4 is 5.56 Å². The number of benzene rings is 2. The highest BCUT2D eigenvalue weighted by atomic mass is 32.2. The minimum Gasteiger partial charge on any atom is -0.385 e. The molecule has 0 fully saturated rings. The van der Waals surface area contributed by atoms with Gasteiger partial charge in [0.1, 0.15) is 0 Å². The first kappa shape index (κ1) is 19.1. The Morgan fingerprint density at radius 1 is 1.22 bits per heavy atom. The third-order valence-electron chi connectivity index (χ3n) is 4.05. The van der Waals surface area contributed by atoms with Gasteiger partial charge in [0.15, 0.2) is 5.16 Å². The van der Waals surface area contributed by atoms with Crippen LogP contribution in [-0.2, 0) is 17.0 Å². The molecular formula is C19H19N3O4S. The zero-order valence-corrected chi connectivity index (χ0v) is 15.6. The summed E-state index contributed by atoms with van der Waals surface area (Å²) in [5.41, 5.74) is 1.42. The standard InChI is InChI=1S/C19H19N3O4S/c1-26-11-5-10-21-18(23)16-8-2-3-9-17(16)20-19(21)27-13-14-6-4-7-15(12-14)22(24)25/h2-4,6-9,12H,5,10-11,13H2,1H3. The molecule has 0 aliphatic rings. The molecule has 0 radical (unpaired) electrons. The van der Waals surface area contributed by atoms with Crippen molar-refractivity contribution in [1.82, 2.24) is 9.55 Å². The molecule has 0 bridgehead atoms. The number of hydrogen-bond donors (Lipinski definition) is 0. The predicted octanol–water partition coefficient (Wildman–Crippen LogP) is 3.63. The van der Waals surface area contributed by atoms with Crippen LogP contribution in [0.5, 0.6) is 0 Å². The second-order valence-corrected chi connectivity index (χ2v) is 6.87. The van der Waals surface area contributed by atoms with E-state index in [9.17, 15) is 14.9 Å². The molecule has 0 amide bonds. The Balaban J connectivity index is 1.92. The van der Waals surface area contributed by atoms with Crippen LogP contribution in [0.1, 0.15) is 12.0 Å². The second kappa shape index (κ2) is 8.79. The molecule has 7 nitrogen and oxygen atoms in total. The summed E-state index contributed by atoms with van der Waals surface area (Å²) in [5.74, 6) is 0.483. The Labute approximate surface area is 160 Å². The summed E-state index contributed by atoms with van der Waals surface area (Å²) in [5, 5.41) is 12.1. The maximum atomic E-state index is 12.9. The summed E-state index contributed by atoms with van der Waals surface area (Å²) in [7, 11) is 1.62. The molecule has 2 aromatic carbocycles. The van der Waals surface area contributed by atoms with E-state index in [1.165, 1.54) is 17.8 Å². The van der Waals surface area contributed by atoms with Crippen LogP contribution in [0.3, 0.4) is 0 Å². The number of non-ortho nitro benzene ring substituents is 1. The second-order valence-electron chi connectivity index (χ2n) is 5.93. The number of rotatable bonds is 8. The van der Waals surface area contributed by atoms with Gasteiger partial charge in [-0.3, -0.25) is 19.5 Å². The number of nitro groups is 1. The molecule has 1 aromatic heterocycles. The topological polar surface area (TPSA) is 87.3 Å². The van der Waals surface area contributed by atoms with Gasteiger partial charge in [0, 0.05) is 38.1 Å². The zero-order valence-electron chi connectivity index (χ0n) is 14.8. The van der Waals surface area contributed by atoms with E-state index in [0.717, 1.165) is 5.56 Å². The Kier molecular flexibility index (Phi) is 6.20. The van der Waals surface area contributed by atoms with Gasteiger partial charge in [-0.25, -0.2) is 4.98 Å². The Hall–Kier alpha value is -2.71. The van der Waals surface area contributed by atoms with E-state index in [2.05, 4.69) is 4.98 Å². The van der Waals surface area contributed by atoms with Crippen LogP contribution in [0.25, 0.3) is 10.9 Å². The third-order valence-corrected chi connectivity index (χ3v) is 5.09. The molecule has 0 unspecified atom stereocenters. The van der Waals surface area contributed by atoms with Crippen molar-refractivity contribution in [3.63, 3.8) is 0 Å². The SMILES string of the molecule is COCCCn1c(SCc2cccc([N+](=O)[O-])c2)nc2ccccc2c1=O. The minimum atomic E-state index is -0.414. The van der Waals surface area contributed by atoms with E-state index >= 15 is 0 Å². The molecule has 0 spiro atoms. The number of nitrogens with zero attached hydrogens (tertiary/aromatic N) is 3. The molecule has 3 aromatic rings. The maximum absolute atomic E-state index is 12.9. The summed E-state index contributed by atoms with van der Waals surface area (Å²) >= 11 is 1.40. The minimum absolute atomic E-state index is 0.0528. The molecule has 0 atom stereocenters. The number of nitro benzene ring substituents is 1. The smallest absolute Gasteiger partial charge is 0.269 e. The van der Waals surface area contributed by atoms with Crippen molar-refractivity contribution >= 4 is 28.4 Å². The highest BCUT2D eigenvalue weighted by molar-refractivity contribution is 7.98.